The third kappa shape index (κ3) is 4.15. The minimum absolute atomic E-state index is 0.00574. The van der Waals surface area contributed by atoms with Crippen molar-refractivity contribution < 1.29 is 18.5 Å². The quantitative estimate of drug-likeness (QED) is 0.467. The second kappa shape index (κ2) is 9.06. The van der Waals surface area contributed by atoms with E-state index in [1.54, 1.807) is 53.7 Å². The zero-order chi connectivity index (χ0) is 23.7. The zero-order valence-corrected chi connectivity index (χ0v) is 18.3. The van der Waals surface area contributed by atoms with Crippen LogP contribution in [-0.4, -0.2) is 52.3 Å². The number of benzene rings is 1. The first-order chi connectivity index (χ1) is 16.5. The Morgan fingerprint density at radius 3 is 2.94 bits per heavy atom. The molecule has 0 atom stereocenters. The lowest BCUT2D eigenvalue weighted by Crippen LogP contribution is -2.63. The van der Waals surface area contributed by atoms with E-state index in [9.17, 15) is 14.4 Å². The van der Waals surface area contributed by atoms with Crippen LogP contribution in [0.4, 0.5) is 4.39 Å². The van der Waals surface area contributed by atoms with Gasteiger partial charge in [0.1, 0.15) is 30.2 Å². The Kier molecular flexibility index (Phi) is 5.81. The zero-order valence-electron chi connectivity index (χ0n) is 18.3. The van der Waals surface area contributed by atoms with Crippen molar-refractivity contribution in [3.05, 3.63) is 65.2 Å². The Balaban J connectivity index is 1.21. The highest BCUT2D eigenvalue weighted by atomic mass is 19.1. The molecule has 0 aromatic heterocycles. The topological polar surface area (TPSA) is 120 Å². The first-order valence-corrected chi connectivity index (χ1v) is 10.7. The average molecular weight is 464 g/mol. The van der Waals surface area contributed by atoms with Crippen LogP contribution in [0, 0.1) is 30.0 Å². The summed E-state index contributed by atoms with van der Waals surface area (Å²) >= 11 is 0. The number of nitrogens with one attached hydrogen (secondary N) is 4. The number of hydrogen-bond acceptors (Lipinski definition) is 10. The Labute approximate surface area is 195 Å². The number of halogens is 1. The molecule has 1 saturated heterocycles. The summed E-state index contributed by atoms with van der Waals surface area (Å²) in [6.45, 7) is 3.04. The summed E-state index contributed by atoms with van der Waals surface area (Å²) in [5.74, 6) is 0.0237. The number of hydrazine groups is 2. The number of carbonyl (C=O) groups is 1. The van der Waals surface area contributed by atoms with Crippen molar-refractivity contribution in [3.63, 3.8) is 0 Å². The van der Waals surface area contributed by atoms with Crippen LogP contribution in [0.5, 0.6) is 0 Å². The van der Waals surface area contributed by atoms with E-state index in [2.05, 4.69) is 26.8 Å². The lowest BCUT2D eigenvalue weighted by Gasteiger charge is -2.34. The fraction of sp³-hybridized carbons (Fsp3) is 0.273. The number of amides is 1. The molecule has 12 heteroatoms. The van der Waals surface area contributed by atoms with Gasteiger partial charge in [0.05, 0.1) is 24.4 Å². The summed E-state index contributed by atoms with van der Waals surface area (Å²) in [4.78, 5) is 14.7. The van der Waals surface area contributed by atoms with Crippen LogP contribution in [0.25, 0.3) is 5.76 Å². The highest BCUT2D eigenvalue weighted by Crippen LogP contribution is 2.29. The summed E-state index contributed by atoms with van der Waals surface area (Å²) in [7, 11) is 0. The summed E-state index contributed by atoms with van der Waals surface area (Å²) < 4.78 is 21.2. The van der Waals surface area contributed by atoms with Gasteiger partial charge in [0.15, 0.2) is 18.2 Å². The average Bonchev–Trinajstić information content (AvgIpc) is 3.39. The van der Waals surface area contributed by atoms with Crippen LogP contribution in [0.15, 0.2) is 47.8 Å². The molecule has 4 N–H and O–H groups in total. The van der Waals surface area contributed by atoms with Crippen molar-refractivity contribution in [2.45, 2.75) is 19.6 Å². The van der Waals surface area contributed by atoms with E-state index in [0.29, 0.717) is 42.1 Å². The lowest BCUT2D eigenvalue weighted by atomic mass is 10.0. The number of nitrogens with zero attached hydrogens (tertiary/aromatic N) is 5. The molecule has 1 amide bonds. The van der Waals surface area contributed by atoms with Gasteiger partial charge in [-0.05, 0) is 30.5 Å². The Bertz CT molecular complexity index is 1210. The van der Waals surface area contributed by atoms with E-state index in [4.69, 9.17) is 4.74 Å². The maximum absolute atomic E-state index is 13.9. The molecule has 0 aliphatic carbocycles. The van der Waals surface area contributed by atoms with Crippen LogP contribution >= 0.6 is 0 Å². The largest absolute Gasteiger partial charge is 0.460 e. The van der Waals surface area contributed by atoms with E-state index < -0.39 is 5.82 Å². The van der Waals surface area contributed by atoms with Gasteiger partial charge in [-0.2, -0.15) is 10.4 Å². The molecule has 0 radical (unpaired) electrons. The minimum atomic E-state index is -0.561. The second-order valence-corrected chi connectivity index (χ2v) is 8.16. The Morgan fingerprint density at radius 1 is 1.38 bits per heavy atom. The van der Waals surface area contributed by atoms with Gasteiger partial charge in [-0.25, -0.2) is 19.7 Å². The minimum Gasteiger partial charge on any atom is -0.460 e. The number of hydrogen-bond donors (Lipinski definition) is 4. The number of allylic oxidation sites excluding steroid dienone is 1. The van der Waals surface area contributed by atoms with Crippen LogP contribution < -0.4 is 21.7 Å². The summed E-state index contributed by atoms with van der Waals surface area (Å²) in [5, 5.41) is 21.5. The normalized spacial score (nSPS) is 23.3. The van der Waals surface area contributed by atoms with Crippen molar-refractivity contribution in [2.24, 2.45) is 11.0 Å². The van der Waals surface area contributed by atoms with Crippen molar-refractivity contribution >= 4 is 24.2 Å². The van der Waals surface area contributed by atoms with Gasteiger partial charge < -0.3 is 9.64 Å². The molecular formula is C22H23FN9O2+. The second-order valence-electron chi connectivity index (χ2n) is 8.16. The number of hydrazone groups is 1. The molecule has 5 rings (SSSR count). The number of fused-ring (bicyclic) bond motifs is 1. The molecule has 4 aliphatic heterocycles. The fourth-order valence-electron chi connectivity index (χ4n) is 4.07. The number of nitriles is 1. The standard InChI is InChI=1S/C22H23FN9O2/c1-14-17(2-3-19(23)18(14)7-24)20-11-30-4-5-31(10-16(30)12-34-20)21(33)6-15-8-25-22(26-9-15)32-13-27-28-29-32/h2-5,10-13,15,22,25-26,28-29H,6,8-9H2,1H3/q+1. The van der Waals surface area contributed by atoms with E-state index in [-0.39, 0.29) is 23.7 Å². The molecule has 1 aromatic rings. The van der Waals surface area contributed by atoms with Crippen LogP contribution in [0.3, 0.4) is 0 Å². The van der Waals surface area contributed by atoms with Crippen molar-refractivity contribution in [1.82, 2.24) is 31.6 Å². The molecule has 4 aliphatic rings. The van der Waals surface area contributed by atoms with Gasteiger partial charge >= 0.3 is 5.91 Å². The SMILES string of the molecule is Cc1c(C2=CN3C=C[N+](C(=O)CC4CNC(N5C=NNN5)NC4)=CC3=CO2)ccc(F)c1C#N. The molecule has 1 aromatic carbocycles. The molecule has 0 spiro atoms. The Hall–Kier alpha value is -4.05. The molecule has 0 unspecified atom stereocenters. The molecule has 11 nitrogen and oxygen atoms in total. The smallest absolute Gasteiger partial charge is 0.392 e. The predicted molar refractivity (Wildman–Crippen MR) is 120 cm³/mol. The van der Waals surface area contributed by atoms with E-state index in [1.165, 1.54) is 12.3 Å². The number of ether oxygens (including phenoxy) is 1. The fourth-order valence-corrected chi connectivity index (χ4v) is 4.07. The highest BCUT2D eigenvalue weighted by molar-refractivity contribution is 5.83. The lowest BCUT2D eigenvalue weighted by molar-refractivity contribution is -0.380. The molecule has 0 bridgehead atoms. The maximum atomic E-state index is 13.9. The van der Waals surface area contributed by atoms with Crippen molar-refractivity contribution in [3.8, 4) is 6.07 Å². The van der Waals surface area contributed by atoms with Gasteiger partial charge in [-0.1, -0.05) is 0 Å². The molecule has 1 fully saturated rings. The summed E-state index contributed by atoms with van der Waals surface area (Å²) in [6.07, 6.45) is 10.3. The molecular weight excluding hydrogens is 441 g/mol. The predicted octanol–water partition coefficient (Wildman–Crippen LogP) is 0.323. The van der Waals surface area contributed by atoms with Crippen LogP contribution in [0.1, 0.15) is 23.1 Å². The van der Waals surface area contributed by atoms with Gasteiger partial charge in [0.2, 0.25) is 6.21 Å². The van der Waals surface area contributed by atoms with E-state index in [0.717, 1.165) is 0 Å². The maximum Gasteiger partial charge on any atom is 0.392 e. The van der Waals surface area contributed by atoms with Gasteiger partial charge in [-0.15, -0.1) is 10.1 Å². The third-order valence-electron chi connectivity index (χ3n) is 5.97. The number of carbonyl (C=O) groups excluding carboxylic acids is 1. The van der Waals surface area contributed by atoms with Crippen molar-refractivity contribution in [2.75, 3.05) is 13.1 Å². The third-order valence-corrected chi connectivity index (χ3v) is 5.97. The first-order valence-electron chi connectivity index (χ1n) is 10.7. The molecule has 0 saturated carbocycles. The van der Waals surface area contributed by atoms with Crippen molar-refractivity contribution in [1.29, 1.82) is 5.26 Å². The monoisotopic (exact) mass is 464 g/mol. The van der Waals surface area contributed by atoms with Gasteiger partial charge in [-0.3, -0.25) is 10.6 Å². The number of rotatable bonds is 4. The molecule has 34 heavy (non-hydrogen) atoms. The van der Waals surface area contributed by atoms with E-state index >= 15 is 0 Å². The van der Waals surface area contributed by atoms with Gasteiger partial charge in [0, 0.05) is 18.7 Å². The van der Waals surface area contributed by atoms with Gasteiger partial charge in [0.25, 0.3) is 0 Å². The highest BCUT2D eigenvalue weighted by Gasteiger charge is 2.31. The van der Waals surface area contributed by atoms with Crippen LogP contribution in [0.2, 0.25) is 0 Å². The molecule has 174 valence electrons. The summed E-state index contributed by atoms with van der Waals surface area (Å²) in [6, 6.07) is 4.74. The Morgan fingerprint density at radius 2 is 2.21 bits per heavy atom. The molecule has 4 heterocycles. The van der Waals surface area contributed by atoms with Crippen LogP contribution in [-0.2, 0) is 9.53 Å². The summed E-state index contributed by atoms with van der Waals surface area (Å²) in [5.41, 5.74) is 7.32. The first kappa shape index (κ1) is 21.8. The van der Waals surface area contributed by atoms with E-state index in [1.807, 2.05) is 11.0 Å².